The van der Waals surface area contributed by atoms with Gasteiger partial charge in [0.25, 0.3) is 5.91 Å². The number of rotatable bonds is 8. The number of carbonyl (C=O) groups is 3. The van der Waals surface area contributed by atoms with Crippen LogP contribution in [0.4, 0.5) is 28.2 Å². The first-order valence-corrected chi connectivity index (χ1v) is 13.2. The molecule has 14 heteroatoms. The summed E-state index contributed by atoms with van der Waals surface area (Å²) in [5, 5.41) is 11.5. The zero-order chi connectivity index (χ0) is 29.2. The highest BCUT2D eigenvalue weighted by Crippen LogP contribution is 2.31. The van der Waals surface area contributed by atoms with Gasteiger partial charge in [0.15, 0.2) is 0 Å². The first-order chi connectivity index (χ1) is 18.8. The largest absolute Gasteiger partial charge is 0.410 e. The number of carbonyl (C=O) groups excluding carboxylic acids is 3. The summed E-state index contributed by atoms with van der Waals surface area (Å²) in [7, 11) is 0. The van der Waals surface area contributed by atoms with Crippen molar-refractivity contribution in [2.24, 2.45) is 11.8 Å². The number of hydrogen-bond donors (Lipinski definition) is 3. The van der Waals surface area contributed by atoms with Crippen molar-refractivity contribution in [2.45, 2.75) is 77.3 Å². The minimum absolute atomic E-state index is 0.0518. The molecule has 1 saturated carbocycles. The highest BCUT2D eigenvalue weighted by atomic mass is 19.4. The molecule has 10 nitrogen and oxygen atoms in total. The second-order valence-corrected chi connectivity index (χ2v) is 10.8. The average Bonchev–Trinajstić information content (AvgIpc) is 3.52. The van der Waals surface area contributed by atoms with Gasteiger partial charge in [-0.25, -0.2) is 14.2 Å². The summed E-state index contributed by atoms with van der Waals surface area (Å²) in [6, 6.07) is -1.28. The van der Waals surface area contributed by atoms with Crippen LogP contribution in [0.25, 0.3) is 0 Å². The number of pyridine rings is 1. The van der Waals surface area contributed by atoms with Gasteiger partial charge >= 0.3 is 12.2 Å². The Bertz CT molecular complexity index is 1240. The third-order valence-electron chi connectivity index (χ3n) is 7.42. The number of alkyl halides is 3. The summed E-state index contributed by atoms with van der Waals surface area (Å²) in [6.07, 6.45) is 0.924. The van der Waals surface area contributed by atoms with Crippen molar-refractivity contribution >= 4 is 23.7 Å². The Labute approximate surface area is 228 Å². The van der Waals surface area contributed by atoms with Gasteiger partial charge in [-0.1, -0.05) is 19.8 Å². The van der Waals surface area contributed by atoms with Gasteiger partial charge in [0, 0.05) is 17.8 Å². The van der Waals surface area contributed by atoms with E-state index in [4.69, 9.17) is 0 Å². The Morgan fingerprint density at radius 3 is 2.52 bits per heavy atom. The molecule has 2 aromatic rings. The monoisotopic (exact) mass is 567 g/mol. The third kappa shape index (κ3) is 6.70. The smallest absolute Gasteiger partial charge is 0.339 e. The van der Waals surface area contributed by atoms with E-state index in [0.717, 1.165) is 36.8 Å². The predicted molar refractivity (Wildman–Crippen MR) is 137 cm³/mol. The maximum atomic E-state index is 14.5. The predicted octanol–water partition coefficient (Wildman–Crippen LogP) is 4.02. The molecular formula is C26H33F4N7O3. The van der Waals surface area contributed by atoms with E-state index in [1.807, 2.05) is 19.2 Å². The molecule has 40 heavy (non-hydrogen) atoms. The molecule has 3 N–H and O–H groups in total. The number of nitrogens with zero attached hydrogens (tertiary/aromatic N) is 4. The molecule has 1 aliphatic carbocycles. The van der Waals surface area contributed by atoms with Gasteiger partial charge in [-0.3, -0.25) is 14.3 Å². The Balaban J connectivity index is 1.51. The van der Waals surface area contributed by atoms with Crippen LogP contribution in [0.5, 0.6) is 0 Å². The fraction of sp³-hybridized carbons (Fsp3) is 0.577. The maximum absolute atomic E-state index is 14.5. The highest BCUT2D eigenvalue weighted by molar-refractivity contribution is 6.00. The minimum atomic E-state index is -4.64. The van der Waals surface area contributed by atoms with Crippen LogP contribution in [0, 0.1) is 17.7 Å². The van der Waals surface area contributed by atoms with Crippen LogP contribution in [0.1, 0.15) is 68.5 Å². The molecule has 4 rings (SSSR count). The standard InChI is InChI=1S/C26H33F4N7O3/c1-14(2)37-19(8-9-32-37)23(38)35-22(16-6-4-15(3)5-7-16)24(39)34-21-10-17(18(27)11-31-21)12-36-13-20(26(28,29)30)33-25(36)40/h8-11,14-16,20,22H,4-7,12-13H2,1-3H3,(H,33,40)(H,35,38)(H,31,34,39)/t15?,16?,20-,22-/m0/s1. The van der Waals surface area contributed by atoms with Crippen LogP contribution in [0.2, 0.25) is 0 Å². The van der Waals surface area contributed by atoms with Gasteiger partial charge in [-0.15, -0.1) is 0 Å². The van der Waals surface area contributed by atoms with Crippen molar-refractivity contribution in [1.82, 2.24) is 30.3 Å². The topological polar surface area (TPSA) is 121 Å². The maximum Gasteiger partial charge on any atom is 0.410 e. The first-order valence-electron chi connectivity index (χ1n) is 13.2. The Hall–Kier alpha value is -3.71. The molecule has 0 radical (unpaired) electrons. The second kappa shape index (κ2) is 11.8. The average molecular weight is 568 g/mol. The number of halogens is 4. The van der Waals surface area contributed by atoms with Crippen molar-refractivity contribution in [3.8, 4) is 0 Å². The van der Waals surface area contributed by atoms with Crippen molar-refractivity contribution in [1.29, 1.82) is 0 Å². The molecule has 0 unspecified atom stereocenters. The van der Waals surface area contributed by atoms with Gasteiger partial charge in [0.05, 0.1) is 19.3 Å². The fourth-order valence-electron chi connectivity index (χ4n) is 5.13. The van der Waals surface area contributed by atoms with Gasteiger partial charge in [0.2, 0.25) is 5.91 Å². The summed E-state index contributed by atoms with van der Waals surface area (Å²) >= 11 is 0. The normalized spacial score (nSPS) is 22.2. The molecule has 0 spiro atoms. The molecule has 0 aromatic carbocycles. The third-order valence-corrected chi connectivity index (χ3v) is 7.42. The van der Waals surface area contributed by atoms with E-state index in [0.29, 0.717) is 11.6 Å². The van der Waals surface area contributed by atoms with Crippen LogP contribution >= 0.6 is 0 Å². The van der Waals surface area contributed by atoms with E-state index in [-0.39, 0.29) is 23.3 Å². The molecule has 1 aliphatic heterocycles. The van der Waals surface area contributed by atoms with Crippen LogP contribution in [-0.2, 0) is 11.3 Å². The fourth-order valence-corrected chi connectivity index (χ4v) is 5.13. The summed E-state index contributed by atoms with van der Waals surface area (Å²) < 4.78 is 55.1. The van der Waals surface area contributed by atoms with E-state index in [2.05, 4.69) is 27.6 Å². The van der Waals surface area contributed by atoms with Crippen LogP contribution < -0.4 is 16.0 Å². The summed E-state index contributed by atoms with van der Waals surface area (Å²) in [6.45, 7) is 4.77. The van der Waals surface area contributed by atoms with E-state index in [1.165, 1.54) is 12.3 Å². The van der Waals surface area contributed by atoms with Gasteiger partial charge < -0.3 is 20.9 Å². The first kappa shape index (κ1) is 29.3. The van der Waals surface area contributed by atoms with E-state index in [9.17, 15) is 31.9 Å². The Morgan fingerprint density at radius 2 is 1.90 bits per heavy atom. The van der Waals surface area contributed by atoms with Crippen LogP contribution in [0.15, 0.2) is 24.5 Å². The number of aromatic nitrogens is 3. The molecule has 0 bridgehead atoms. The van der Waals surface area contributed by atoms with Crippen LogP contribution in [0.3, 0.4) is 0 Å². The SMILES string of the molecule is CC1CCC([C@H](NC(=O)c2ccnn2C(C)C)C(=O)Nc2cc(CN3C[C@@H](C(F)(F)F)NC3=O)c(F)cn2)CC1. The number of anilines is 1. The van der Waals surface area contributed by atoms with Gasteiger partial charge in [-0.05, 0) is 50.7 Å². The zero-order valence-corrected chi connectivity index (χ0v) is 22.5. The van der Waals surface area contributed by atoms with Crippen molar-refractivity contribution in [3.05, 3.63) is 41.6 Å². The summed E-state index contributed by atoms with van der Waals surface area (Å²) in [5.74, 6) is -1.55. The number of urea groups is 1. The van der Waals surface area contributed by atoms with E-state index >= 15 is 0 Å². The molecule has 2 aliphatic rings. The second-order valence-electron chi connectivity index (χ2n) is 10.8. The summed E-state index contributed by atoms with van der Waals surface area (Å²) in [5.41, 5.74) is 0.191. The lowest BCUT2D eigenvalue weighted by atomic mass is 9.79. The lowest BCUT2D eigenvalue weighted by molar-refractivity contribution is -0.149. The molecule has 2 atom stereocenters. The number of nitrogens with one attached hydrogen (secondary N) is 3. The lowest BCUT2D eigenvalue weighted by Crippen LogP contribution is -2.49. The van der Waals surface area contributed by atoms with Gasteiger partial charge in [-0.2, -0.15) is 18.3 Å². The van der Waals surface area contributed by atoms with E-state index < -0.39 is 55.0 Å². The molecule has 2 fully saturated rings. The van der Waals surface area contributed by atoms with Gasteiger partial charge in [0.1, 0.15) is 29.4 Å². The van der Waals surface area contributed by atoms with Crippen molar-refractivity contribution in [3.63, 3.8) is 0 Å². The lowest BCUT2D eigenvalue weighted by Gasteiger charge is -2.32. The number of hydrogen-bond acceptors (Lipinski definition) is 5. The van der Waals surface area contributed by atoms with Crippen molar-refractivity contribution < 1.29 is 31.9 Å². The zero-order valence-electron chi connectivity index (χ0n) is 22.5. The highest BCUT2D eigenvalue weighted by Gasteiger charge is 2.47. The van der Waals surface area contributed by atoms with E-state index in [1.54, 1.807) is 10.7 Å². The van der Waals surface area contributed by atoms with Crippen molar-refractivity contribution in [2.75, 3.05) is 11.9 Å². The molecule has 1 saturated heterocycles. The van der Waals surface area contributed by atoms with Crippen LogP contribution in [-0.4, -0.2) is 62.3 Å². The molecule has 4 amide bonds. The molecule has 3 heterocycles. The molecular weight excluding hydrogens is 534 g/mol. The quantitative estimate of drug-likeness (QED) is 0.416. The number of amides is 4. The minimum Gasteiger partial charge on any atom is -0.339 e. The molecule has 218 valence electrons. The Morgan fingerprint density at radius 1 is 1.20 bits per heavy atom. The Kier molecular flexibility index (Phi) is 8.64. The summed E-state index contributed by atoms with van der Waals surface area (Å²) in [4.78, 5) is 43.4. The molecule has 2 aromatic heterocycles.